The zero-order valence-electron chi connectivity index (χ0n) is 12.2. The molecule has 1 amide bonds. The lowest BCUT2D eigenvalue weighted by molar-refractivity contribution is 0.102. The molecule has 0 aliphatic rings. The smallest absolute Gasteiger partial charge is 0.255 e. The molecule has 2 rings (SSSR count). The van der Waals surface area contributed by atoms with Gasteiger partial charge in [-0.3, -0.25) is 4.79 Å². The van der Waals surface area contributed by atoms with Gasteiger partial charge in [-0.25, -0.2) is 0 Å². The Morgan fingerprint density at radius 1 is 1.18 bits per heavy atom. The van der Waals surface area contributed by atoms with E-state index in [1.165, 1.54) is 19.2 Å². The van der Waals surface area contributed by atoms with Crippen molar-refractivity contribution in [2.24, 2.45) is 0 Å². The third kappa shape index (κ3) is 3.64. The molecule has 2 aromatic rings. The zero-order valence-corrected chi connectivity index (χ0v) is 13.7. The Morgan fingerprint density at radius 3 is 2.41 bits per heavy atom. The van der Waals surface area contributed by atoms with Gasteiger partial charge in [0.25, 0.3) is 5.91 Å². The first-order chi connectivity index (χ1) is 10.6. The summed E-state index contributed by atoms with van der Waals surface area (Å²) in [6, 6.07) is 10.2. The summed E-state index contributed by atoms with van der Waals surface area (Å²) in [6.45, 7) is 2.38. The molecule has 0 aliphatic carbocycles. The molecular weight excluding hydrogens is 325 g/mol. The van der Waals surface area contributed by atoms with Crippen molar-refractivity contribution in [3.05, 3.63) is 52.0 Å². The van der Waals surface area contributed by atoms with Gasteiger partial charge in [-0.15, -0.1) is 0 Å². The van der Waals surface area contributed by atoms with Crippen LogP contribution in [0.15, 0.2) is 36.4 Å². The predicted octanol–water partition coefficient (Wildman–Crippen LogP) is 4.65. The van der Waals surface area contributed by atoms with Crippen LogP contribution in [0.1, 0.15) is 17.3 Å². The first kappa shape index (κ1) is 16.5. The lowest BCUT2D eigenvalue weighted by Crippen LogP contribution is -2.13. The second-order valence-corrected chi connectivity index (χ2v) is 5.17. The van der Waals surface area contributed by atoms with Crippen molar-refractivity contribution in [1.82, 2.24) is 0 Å². The number of hydrogen-bond donors (Lipinski definition) is 1. The van der Waals surface area contributed by atoms with Gasteiger partial charge in [0.05, 0.1) is 29.4 Å². The van der Waals surface area contributed by atoms with Gasteiger partial charge in [0.1, 0.15) is 5.75 Å². The number of methoxy groups -OCH3 is 1. The largest absolute Gasteiger partial charge is 0.494 e. The number of anilines is 1. The lowest BCUT2D eigenvalue weighted by atomic mass is 10.2. The molecule has 2 aromatic carbocycles. The van der Waals surface area contributed by atoms with E-state index in [4.69, 9.17) is 32.7 Å². The van der Waals surface area contributed by atoms with Crippen LogP contribution in [-0.2, 0) is 0 Å². The monoisotopic (exact) mass is 339 g/mol. The summed E-state index contributed by atoms with van der Waals surface area (Å²) in [6.07, 6.45) is 0. The molecule has 0 unspecified atom stereocenters. The zero-order chi connectivity index (χ0) is 16.1. The molecule has 0 spiro atoms. The number of hydrogen-bond acceptors (Lipinski definition) is 3. The molecule has 116 valence electrons. The number of ether oxygens (including phenoxy) is 2. The number of amides is 1. The third-order valence-corrected chi connectivity index (χ3v) is 3.46. The summed E-state index contributed by atoms with van der Waals surface area (Å²) in [7, 11) is 1.46. The van der Waals surface area contributed by atoms with Crippen LogP contribution in [-0.4, -0.2) is 19.6 Å². The van der Waals surface area contributed by atoms with Crippen LogP contribution in [0.25, 0.3) is 0 Å². The van der Waals surface area contributed by atoms with Crippen molar-refractivity contribution in [2.75, 3.05) is 19.0 Å². The van der Waals surface area contributed by atoms with Gasteiger partial charge >= 0.3 is 0 Å². The number of nitrogens with one attached hydrogen (secondary N) is 1. The average molecular weight is 340 g/mol. The number of halogens is 2. The third-order valence-electron chi connectivity index (χ3n) is 2.90. The number of carbonyl (C=O) groups is 1. The van der Waals surface area contributed by atoms with E-state index < -0.39 is 0 Å². The molecule has 0 aromatic heterocycles. The van der Waals surface area contributed by atoms with E-state index in [0.29, 0.717) is 29.4 Å². The van der Waals surface area contributed by atoms with Gasteiger partial charge in [0, 0.05) is 5.56 Å². The van der Waals surface area contributed by atoms with Crippen molar-refractivity contribution in [1.29, 1.82) is 0 Å². The van der Waals surface area contributed by atoms with Gasteiger partial charge in [-0.05, 0) is 31.2 Å². The van der Waals surface area contributed by atoms with E-state index in [2.05, 4.69) is 5.32 Å². The molecule has 0 saturated heterocycles. The molecule has 0 saturated carbocycles. The van der Waals surface area contributed by atoms with Crippen LogP contribution in [0.5, 0.6) is 11.5 Å². The SMILES string of the molecule is CCOc1ccccc1NC(=O)c1cc(Cl)c(OC)c(Cl)c1. The van der Waals surface area contributed by atoms with Gasteiger partial charge in [-0.1, -0.05) is 35.3 Å². The maximum Gasteiger partial charge on any atom is 0.255 e. The molecule has 1 N–H and O–H groups in total. The van der Waals surface area contributed by atoms with Crippen LogP contribution in [0.3, 0.4) is 0 Å². The number of rotatable bonds is 5. The quantitative estimate of drug-likeness (QED) is 0.862. The topological polar surface area (TPSA) is 47.6 Å². The first-order valence-corrected chi connectivity index (χ1v) is 7.38. The highest BCUT2D eigenvalue weighted by molar-refractivity contribution is 6.37. The second-order valence-electron chi connectivity index (χ2n) is 4.36. The number of benzene rings is 2. The summed E-state index contributed by atoms with van der Waals surface area (Å²) in [4.78, 5) is 12.3. The van der Waals surface area contributed by atoms with Crippen molar-refractivity contribution in [3.63, 3.8) is 0 Å². The molecule has 6 heteroatoms. The highest BCUT2D eigenvalue weighted by Crippen LogP contribution is 2.34. The molecule has 0 fully saturated rings. The molecule has 4 nitrogen and oxygen atoms in total. The van der Waals surface area contributed by atoms with E-state index >= 15 is 0 Å². The Kier molecular flexibility index (Phi) is 5.52. The van der Waals surface area contributed by atoms with Crippen molar-refractivity contribution >= 4 is 34.8 Å². The summed E-state index contributed by atoms with van der Waals surface area (Å²) in [5.74, 6) is 0.609. The molecule has 0 radical (unpaired) electrons. The van der Waals surface area contributed by atoms with Crippen LogP contribution in [0.2, 0.25) is 10.0 Å². The molecule has 0 heterocycles. The van der Waals surface area contributed by atoms with Crippen LogP contribution < -0.4 is 14.8 Å². The fraction of sp³-hybridized carbons (Fsp3) is 0.188. The number of para-hydroxylation sites is 2. The minimum atomic E-state index is -0.335. The van der Waals surface area contributed by atoms with Gasteiger partial charge in [-0.2, -0.15) is 0 Å². The minimum absolute atomic E-state index is 0.276. The van der Waals surface area contributed by atoms with E-state index in [-0.39, 0.29) is 16.0 Å². The van der Waals surface area contributed by atoms with E-state index in [1.807, 2.05) is 19.1 Å². The highest BCUT2D eigenvalue weighted by atomic mass is 35.5. The lowest BCUT2D eigenvalue weighted by Gasteiger charge is -2.12. The molecule has 22 heavy (non-hydrogen) atoms. The standard InChI is InChI=1S/C16H15Cl2NO3/c1-3-22-14-7-5-4-6-13(14)19-16(20)10-8-11(17)15(21-2)12(18)9-10/h4-9H,3H2,1-2H3,(H,19,20). The Hall–Kier alpha value is -1.91. The fourth-order valence-corrected chi connectivity index (χ4v) is 2.57. The summed E-state index contributed by atoms with van der Waals surface area (Å²) in [5, 5.41) is 3.33. The highest BCUT2D eigenvalue weighted by Gasteiger charge is 2.15. The van der Waals surface area contributed by atoms with E-state index in [1.54, 1.807) is 12.1 Å². The van der Waals surface area contributed by atoms with Gasteiger partial charge in [0.2, 0.25) is 0 Å². The van der Waals surface area contributed by atoms with Gasteiger partial charge in [0.15, 0.2) is 5.75 Å². The van der Waals surface area contributed by atoms with E-state index in [9.17, 15) is 4.79 Å². The Balaban J connectivity index is 2.27. The van der Waals surface area contributed by atoms with Crippen LogP contribution in [0.4, 0.5) is 5.69 Å². The second kappa shape index (κ2) is 7.38. The Bertz CT molecular complexity index is 666. The summed E-state index contributed by atoms with van der Waals surface area (Å²) in [5.41, 5.74) is 0.916. The van der Waals surface area contributed by atoms with E-state index in [0.717, 1.165) is 0 Å². The maximum atomic E-state index is 12.3. The average Bonchev–Trinajstić information content (AvgIpc) is 2.49. The molecule has 0 bridgehead atoms. The predicted molar refractivity (Wildman–Crippen MR) is 88.6 cm³/mol. The van der Waals surface area contributed by atoms with Crippen molar-refractivity contribution < 1.29 is 14.3 Å². The van der Waals surface area contributed by atoms with Crippen LogP contribution >= 0.6 is 23.2 Å². The molecular formula is C16H15Cl2NO3. The molecule has 0 atom stereocenters. The van der Waals surface area contributed by atoms with Crippen LogP contribution in [0, 0.1) is 0 Å². The van der Waals surface area contributed by atoms with Crippen molar-refractivity contribution in [3.8, 4) is 11.5 Å². The molecule has 0 aliphatic heterocycles. The van der Waals surface area contributed by atoms with Crippen molar-refractivity contribution in [2.45, 2.75) is 6.92 Å². The normalized spacial score (nSPS) is 10.2. The maximum absolute atomic E-state index is 12.3. The Morgan fingerprint density at radius 2 is 1.82 bits per heavy atom. The van der Waals surface area contributed by atoms with Gasteiger partial charge < -0.3 is 14.8 Å². The summed E-state index contributed by atoms with van der Waals surface area (Å²) >= 11 is 12.1. The Labute approximate surface area is 138 Å². The summed E-state index contributed by atoms with van der Waals surface area (Å²) < 4.78 is 10.5. The first-order valence-electron chi connectivity index (χ1n) is 6.63. The number of carbonyl (C=O) groups excluding carboxylic acids is 1. The minimum Gasteiger partial charge on any atom is -0.494 e. The fourth-order valence-electron chi connectivity index (χ4n) is 1.93.